The van der Waals surface area contributed by atoms with E-state index in [0.29, 0.717) is 36.2 Å². The third-order valence-corrected chi connectivity index (χ3v) is 6.19. The first kappa shape index (κ1) is 19.7. The maximum absolute atomic E-state index is 14.7. The molecule has 160 valence electrons. The van der Waals surface area contributed by atoms with Crippen LogP contribution in [0.5, 0.6) is 0 Å². The van der Waals surface area contributed by atoms with Gasteiger partial charge in [-0.05, 0) is 45.4 Å². The molecule has 0 aliphatic carbocycles. The number of carbonyl (C=O) groups excluding carboxylic acids is 1. The zero-order chi connectivity index (χ0) is 21.7. The first-order valence-corrected chi connectivity index (χ1v) is 10.5. The van der Waals surface area contributed by atoms with Gasteiger partial charge in [-0.15, -0.1) is 0 Å². The van der Waals surface area contributed by atoms with Gasteiger partial charge in [-0.25, -0.2) is 14.4 Å². The van der Waals surface area contributed by atoms with E-state index in [1.807, 2.05) is 24.8 Å². The van der Waals surface area contributed by atoms with Gasteiger partial charge in [0.1, 0.15) is 5.82 Å². The number of rotatable bonds is 3. The molecule has 0 N–H and O–H groups in total. The van der Waals surface area contributed by atoms with Crippen LogP contribution < -0.4 is 4.90 Å². The van der Waals surface area contributed by atoms with Crippen LogP contribution in [0.15, 0.2) is 34.9 Å². The molecule has 2 aliphatic rings. The average Bonchev–Trinajstić information content (AvgIpc) is 3.13. The van der Waals surface area contributed by atoms with Crippen LogP contribution in [0.3, 0.4) is 0 Å². The smallest absolute Gasteiger partial charge is 0.255 e. The summed E-state index contributed by atoms with van der Waals surface area (Å²) in [6.45, 7) is 7.90. The highest BCUT2D eigenvalue weighted by Gasteiger charge is 2.46. The lowest BCUT2D eigenvalue weighted by Crippen LogP contribution is -2.66. The van der Waals surface area contributed by atoms with Crippen molar-refractivity contribution in [3.8, 4) is 11.3 Å². The highest BCUT2D eigenvalue weighted by molar-refractivity contribution is 6.01. The Morgan fingerprint density at radius 1 is 1.10 bits per heavy atom. The van der Waals surface area contributed by atoms with Crippen molar-refractivity contribution >= 4 is 11.9 Å². The van der Waals surface area contributed by atoms with E-state index in [4.69, 9.17) is 4.52 Å². The highest BCUT2D eigenvalue weighted by Crippen LogP contribution is 2.37. The van der Waals surface area contributed by atoms with Crippen LogP contribution in [0.2, 0.25) is 0 Å². The second-order valence-electron chi connectivity index (χ2n) is 8.47. The molecule has 2 aromatic heterocycles. The molecule has 4 heterocycles. The van der Waals surface area contributed by atoms with Crippen molar-refractivity contribution in [2.24, 2.45) is 5.92 Å². The summed E-state index contributed by atoms with van der Waals surface area (Å²) in [6.07, 6.45) is 0.974. The van der Waals surface area contributed by atoms with Gasteiger partial charge in [0.25, 0.3) is 5.91 Å². The fourth-order valence-electron chi connectivity index (χ4n) is 4.65. The lowest BCUT2D eigenvalue weighted by atomic mass is 9.81. The summed E-state index contributed by atoms with van der Waals surface area (Å²) >= 11 is 0. The molecule has 2 saturated heterocycles. The Balaban J connectivity index is 1.41. The molecule has 7 nitrogen and oxygen atoms in total. The summed E-state index contributed by atoms with van der Waals surface area (Å²) < 4.78 is 20.0. The number of piperidine rings is 1. The van der Waals surface area contributed by atoms with E-state index in [9.17, 15) is 9.18 Å². The molecule has 2 aliphatic heterocycles. The maximum Gasteiger partial charge on any atom is 0.255 e. The summed E-state index contributed by atoms with van der Waals surface area (Å²) in [5, 5.41) is 3.85. The molecule has 0 saturated carbocycles. The van der Waals surface area contributed by atoms with Crippen LogP contribution in [-0.4, -0.2) is 51.6 Å². The average molecular weight is 421 g/mol. The SMILES string of the molecule is Cc1cc(-c2c(F)cccc2C(=O)N2CC3CCN(c4nc(C)cc(C)n4)CC32)on1. The number of hydrogen-bond acceptors (Lipinski definition) is 6. The van der Waals surface area contributed by atoms with Gasteiger partial charge in [0.15, 0.2) is 5.76 Å². The first-order chi connectivity index (χ1) is 14.9. The molecule has 5 rings (SSSR count). The second kappa shape index (κ2) is 7.44. The second-order valence-corrected chi connectivity index (χ2v) is 8.47. The quantitative estimate of drug-likeness (QED) is 0.644. The number of benzene rings is 1. The molecule has 0 bridgehead atoms. The Bertz CT molecular complexity index is 1140. The molecular formula is C23H24FN5O2. The zero-order valence-electron chi connectivity index (χ0n) is 17.8. The van der Waals surface area contributed by atoms with E-state index in [1.165, 1.54) is 6.07 Å². The lowest BCUT2D eigenvalue weighted by Gasteiger charge is -2.53. The van der Waals surface area contributed by atoms with Crippen molar-refractivity contribution in [3.05, 3.63) is 58.8 Å². The van der Waals surface area contributed by atoms with Crippen LogP contribution in [0.1, 0.15) is 33.9 Å². The van der Waals surface area contributed by atoms with Crippen LogP contribution >= 0.6 is 0 Å². The first-order valence-electron chi connectivity index (χ1n) is 10.5. The molecule has 2 atom stereocenters. The molecule has 1 amide bonds. The Kier molecular flexibility index (Phi) is 4.72. The van der Waals surface area contributed by atoms with Gasteiger partial charge in [0.2, 0.25) is 5.95 Å². The monoisotopic (exact) mass is 421 g/mol. The Morgan fingerprint density at radius 2 is 1.87 bits per heavy atom. The van der Waals surface area contributed by atoms with Crippen molar-refractivity contribution in [2.75, 3.05) is 24.5 Å². The van der Waals surface area contributed by atoms with E-state index in [2.05, 4.69) is 20.0 Å². The normalized spacial score (nSPS) is 20.4. The third kappa shape index (κ3) is 3.45. The number of fused-ring (bicyclic) bond motifs is 1. The van der Waals surface area contributed by atoms with Gasteiger partial charge >= 0.3 is 0 Å². The number of aryl methyl sites for hydroxylation is 3. The van der Waals surface area contributed by atoms with E-state index in [-0.39, 0.29) is 23.3 Å². The van der Waals surface area contributed by atoms with Gasteiger partial charge in [0.05, 0.1) is 22.9 Å². The number of nitrogens with zero attached hydrogens (tertiary/aromatic N) is 5. The fourth-order valence-corrected chi connectivity index (χ4v) is 4.65. The highest BCUT2D eigenvalue weighted by atomic mass is 19.1. The van der Waals surface area contributed by atoms with E-state index < -0.39 is 5.82 Å². The summed E-state index contributed by atoms with van der Waals surface area (Å²) in [5.74, 6) is 0.736. The van der Waals surface area contributed by atoms with Gasteiger partial charge in [-0.3, -0.25) is 4.79 Å². The van der Waals surface area contributed by atoms with Crippen LogP contribution in [-0.2, 0) is 0 Å². The molecule has 0 radical (unpaired) electrons. The standard InChI is InChI=1S/C23H24FN5O2/c1-13-9-14(2)26-23(25-13)28-8-7-16-11-29(19(16)12-28)22(30)17-5-4-6-18(24)21(17)20-10-15(3)27-31-20/h4-6,9-10,16,19H,7-8,11-12H2,1-3H3. The predicted octanol–water partition coefficient (Wildman–Crippen LogP) is 3.55. The molecular weight excluding hydrogens is 397 g/mol. The van der Waals surface area contributed by atoms with E-state index in [0.717, 1.165) is 24.4 Å². The summed E-state index contributed by atoms with van der Waals surface area (Å²) in [4.78, 5) is 26.6. The van der Waals surface area contributed by atoms with E-state index >= 15 is 0 Å². The topological polar surface area (TPSA) is 75.4 Å². The van der Waals surface area contributed by atoms with Gasteiger partial charge in [0, 0.05) is 43.0 Å². The minimum Gasteiger partial charge on any atom is -0.356 e. The minimum absolute atomic E-state index is 0.0539. The number of hydrogen-bond donors (Lipinski definition) is 0. The van der Waals surface area contributed by atoms with Crippen LogP contribution in [0, 0.1) is 32.5 Å². The molecule has 3 aromatic rings. The van der Waals surface area contributed by atoms with Crippen molar-refractivity contribution in [1.29, 1.82) is 0 Å². The number of aromatic nitrogens is 3. The Hall–Kier alpha value is -3.29. The number of amides is 1. The van der Waals surface area contributed by atoms with Crippen molar-refractivity contribution < 1.29 is 13.7 Å². The Labute approximate surface area is 179 Å². The van der Waals surface area contributed by atoms with Crippen LogP contribution in [0.25, 0.3) is 11.3 Å². The fraction of sp³-hybridized carbons (Fsp3) is 0.391. The molecule has 2 unspecified atom stereocenters. The third-order valence-electron chi connectivity index (χ3n) is 6.19. The molecule has 8 heteroatoms. The van der Waals surface area contributed by atoms with Gasteiger partial charge in [-0.2, -0.15) is 0 Å². The lowest BCUT2D eigenvalue weighted by molar-refractivity contribution is 0.00769. The predicted molar refractivity (Wildman–Crippen MR) is 113 cm³/mol. The summed E-state index contributed by atoms with van der Waals surface area (Å²) in [5.41, 5.74) is 2.96. The van der Waals surface area contributed by atoms with Crippen molar-refractivity contribution in [2.45, 2.75) is 33.2 Å². The van der Waals surface area contributed by atoms with Gasteiger partial charge < -0.3 is 14.3 Å². The number of halogens is 1. The van der Waals surface area contributed by atoms with Crippen molar-refractivity contribution in [3.63, 3.8) is 0 Å². The maximum atomic E-state index is 14.7. The molecule has 1 aromatic carbocycles. The number of carbonyl (C=O) groups is 1. The molecule has 0 spiro atoms. The zero-order valence-corrected chi connectivity index (χ0v) is 17.8. The van der Waals surface area contributed by atoms with E-state index in [1.54, 1.807) is 25.1 Å². The minimum atomic E-state index is -0.493. The van der Waals surface area contributed by atoms with Gasteiger partial charge in [-0.1, -0.05) is 11.2 Å². The number of likely N-dealkylation sites (tertiary alicyclic amines) is 1. The largest absolute Gasteiger partial charge is 0.356 e. The molecule has 31 heavy (non-hydrogen) atoms. The summed E-state index contributed by atoms with van der Waals surface area (Å²) in [7, 11) is 0. The molecule has 2 fully saturated rings. The number of anilines is 1. The van der Waals surface area contributed by atoms with Crippen molar-refractivity contribution in [1.82, 2.24) is 20.0 Å². The summed E-state index contributed by atoms with van der Waals surface area (Å²) in [6, 6.07) is 8.20. The Morgan fingerprint density at radius 3 is 2.58 bits per heavy atom. The van der Waals surface area contributed by atoms with Crippen LogP contribution in [0.4, 0.5) is 10.3 Å².